The zero-order valence-corrected chi connectivity index (χ0v) is 12.0. The van der Waals surface area contributed by atoms with E-state index in [1.54, 1.807) is 0 Å². The number of ether oxygens (including phenoxy) is 1. The molecule has 3 aromatic rings. The second-order valence-electron chi connectivity index (χ2n) is 4.40. The lowest BCUT2D eigenvalue weighted by Gasteiger charge is -2.05. The van der Waals surface area contributed by atoms with Crippen molar-refractivity contribution >= 4 is 11.6 Å². The predicted molar refractivity (Wildman–Crippen MR) is 80.1 cm³/mol. The molecule has 0 aliphatic rings. The molecule has 0 saturated carbocycles. The fraction of sp³-hybridized carbons (Fsp3) is 0.125. The van der Waals surface area contributed by atoms with Crippen LogP contribution in [0, 0.1) is 0 Å². The number of hydrogen-bond acceptors (Lipinski definition) is 4. The van der Waals surface area contributed by atoms with Gasteiger partial charge < -0.3 is 9.15 Å². The van der Waals surface area contributed by atoms with Gasteiger partial charge in [-0.15, -0.1) is 21.8 Å². The Balaban J connectivity index is 1.64. The van der Waals surface area contributed by atoms with E-state index < -0.39 is 0 Å². The van der Waals surface area contributed by atoms with Crippen LogP contribution in [0.4, 0.5) is 0 Å². The maximum Gasteiger partial charge on any atom is 0.253 e. The van der Waals surface area contributed by atoms with E-state index in [4.69, 9.17) is 20.8 Å². The van der Waals surface area contributed by atoms with E-state index in [1.165, 1.54) is 5.56 Å². The van der Waals surface area contributed by atoms with Crippen molar-refractivity contribution in [2.75, 3.05) is 0 Å². The third-order valence-corrected chi connectivity index (χ3v) is 3.18. The Morgan fingerprint density at radius 1 is 0.857 bits per heavy atom. The fourth-order valence-corrected chi connectivity index (χ4v) is 2.03. The molecule has 2 aromatic carbocycles. The van der Waals surface area contributed by atoms with Crippen molar-refractivity contribution in [3.8, 4) is 16.9 Å². The molecule has 0 radical (unpaired) electrons. The summed E-state index contributed by atoms with van der Waals surface area (Å²) in [7, 11) is 0. The lowest BCUT2D eigenvalue weighted by atomic mass is 10.1. The normalized spacial score (nSPS) is 10.5. The van der Waals surface area contributed by atoms with Crippen LogP contribution in [0.3, 0.4) is 0 Å². The molecule has 0 N–H and O–H groups in total. The Bertz CT molecular complexity index is 696. The van der Waals surface area contributed by atoms with Crippen LogP contribution in [0.5, 0.6) is 5.75 Å². The van der Waals surface area contributed by atoms with E-state index in [0.29, 0.717) is 11.8 Å². The Kier molecular flexibility index (Phi) is 4.17. The molecule has 5 heteroatoms. The third-order valence-electron chi connectivity index (χ3n) is 2.95. The number of rotatable bonds is 5. The Morgan fingerprint density at radius 3 is 2.19 bits per heavy atom. The van der Waals surface area contributed by atoms with Gasteiger partial charge in [-0.1, -0.05) is 42.5 Å². The number of alkyl halides is 1. The van der Waals surface area contributed by atoms with E-state index in [-0.39, 0.29) is 12.5 Å². The summed E-state index contributed by atoms with van der Waals surface area (Å²) in [6.07, 6.45) is 0. The molecule has 1 aromatic heterocycles. The number of halogens is 1. The van der Waals surface area contributed by atoms with Crippen molar-refractivity contribution in [1.29, 1.82) is 0 Å². The van der Waals surface area contributed by atoms with Crippen LogP contribution in [-0.2, 0) is 12.5 Å². The minimum atomic E-state index is 0.207. The van der Waals surface area contributed by atoms with Gasteiger partial charge >= 0.3 is 0 Å². The largest absolute Gasteiger partial charge is 0.484 e. The molecule has 0 fully saturated rings. The standard InChI is InChI=1S/C16H13ClN2O2/c17-10-15-18-19-16(21-15)11-20-14-8-6-13(7-9-14)12-4-2-1-3-5-12/h1-9H,10-11H2. The van der Waals surface area contributed by atoms with Crippen LogP contribution in [0.25, 0.3) is 11.1 Å². The second-order valence-corrected chi connectivity index (χ2v) is 4.67. The number of nitrogens with zero attached hydrogens (tertiary/aromatic N) is 2. The minimum absolute atomic E-state index is 0.207. The first-order chi connectivity index (χ1) is 10.3. The molecule has 0 spiro atoms. The lowest BCUT2D eigenvalue weighted by Crippen LogP contribution is -1.95. The molecular weight excluding hydrogens is 288 g/mol. The highest BCUT2D eigenvalue weighted by atomic mass is 35.5. The van der Waals surface area contributed by atoms with Gasteiger partial charge in [-0.25, -0.2) is 0 Å². The third kappa shape index (κ3) is 3.41. The Labute approximate surface area is 127 Å². The summed E-state index contributed by atoms with van der Waals surface area (Å²) < 4.78 is 10.9. The van der Waals surface area contributed by atoms with E-state index in [9.17, 15) is 0 Å². The van der Waals surface area contributed by atoms with Crippen LogP contribution >= 0.6 is 11.6 Å². The summed E-state index contributed by atoms with van der Waals surface area (Å²) in [5, 5.41) is 7.61. The summed E-state index contributed by atoms with van der Waals surface area (Å²) in [5.41, 5.74) is 2.32. The molecule has 0 unspecified atom stereocenters. The van der Waals surface area contributed by atoms with Crippen molar-refractivity contribution in [2.24, 2.45) is 0 Å². The summed E-state index contributed by atoms with van der Waals surface area (Å²) >= 11 is 5.60. The van der Waals surface area contributed by atoms with Gasteiger partial charge in [-0.2, -0.15) is 0 Å². The van der Waals surface area contributed by atoms with Crippen molar-refractivity contribution in [2.45, 2.75) is 12.5 Å². The highest BCUT2D eigenvalue weighted by Gasteiger charge is 2.05. The highest BCUT2D eigenvalue weighted by Crippen LogP contribution is 2.22. The summed E-state index contributed by atoms with van der Waals surface area (Å²) in [6.45, 7) is 0.231. The highest BCUT2D eigenvalue weighted by molar-refractivity contribution is 6.16. The summed E-state index contributed by atoms with van der Waals surface area (Å²) in [5.74, 6) is 1.77. The molecule has 3 rings (SSSR count). The molecule has 0 aliphatic heterocycles. The van der Waals surface area contributed by atoms with Crippen molar-refractivity contribution < 1.29 is 9.15 Å². The smallest absolute Gasteiger partial charge is 0.253 e. The molecule has 21 heavy (non-hydrogen) atoms. The Hall–Kier alpha value is -2.33. The second kappa shape index (κ2) is 6.41. The lowest BCUT2D eigenvalue weighted by molar-refractivity contribution is 0.260. The van der Waals surface area contributed by atoms with Crippen molar-refractivity contribution in [3.05, 3.63) is 66.4 Å². The minimum Gasteiger partial charge on any atom is -0.484 e. The quantitative estimate of drug-likeness (QED) is 0.667. The monoisotopic (exact) mass is 300 g/mol. The van der Waals surface area contributed by atoms with Gasteiger partial charge in [-0.05, 0) is 23.3 Å². The number of aromatic nitrogens is 2. The molecule has 1 heterocycles. The maximum absolute atomic E-state index is 5.60. The molecule has 0 saturated heterocycles. The van der Waals surface area contributed by atoms with Gasteiger partial charge in [0.1, 0.15) is 11.6 Å². The zero-order chi connectivity index (χ0) is 14.5. The fourth-order valence-electron chi connectivity index (χ4n) is 1.92. The molecule has 0 aliphatic carbocycles. The topological polar surface area (TPSA) is 48.2 Å². The zero-order valence-electron chi connectivity index (χ0n) is 11.2. The Morgan fingerprint density at radius 2 is 1.52 bits per heavy atom. The SMILES string of the molecule is ClCc1nnc(COc2ccc(-c3ccccc3)cc2)o1. The molecule has 0 amide bonds. The molecule has 4 nitrogen and oxygen atoms in total. The first-order valence-electron chi connectivity index (χ1n) is 6.50. The average molecular weight is 301 g/mol. The van der Waals surface area contributed by atoms with Gasteiger partial charge in [0.25, 0.3) is 5.89 Å². The van der Waals surface area contributed by atoms with Gasteiger partial charge in [0.05, 0.1) is 0 Å². The van der Waals surface area contributed by atoms with Gasteiger partial charge in [0, 0.05) is 0 Å². The van der Waals surface area contributed by atoms with Crippen LogP contribution in [0.2, 0.25) is 0 Å². The van der Waals surface area contributed by atoms with E-state index >= 15 is 0 Å². The van der Waals surface area contributed by atoms with Crippen LogP contribution in [-0.4, -0.2) is 10.2 Å². The first-order valence-corrected chi connectivity index (χ1v) is 7.04. The predicted octanol–water partition coefficient (Wildman–Crippen LogP) is 4.05. The molecule has 0 bridgehead atoms. The van der Waals surface area contributed by atoms with Crippen molar-refractivity contribution in [3.63, 3.8) is 0 Å². The molecule has 106 valence electrons. The number of benzene rings is 2. The first kappa shape index (κ1) is 13.6. The van der Waals surface area contributed by atoms with Crippen molar-refractivity contribution in [1.82, 2.24) is 10.2 Å². The summed E-state index contributed by atoms with van der Waals surface area (Å²) in [6, 6.07) is 18.0. The summed E-state index contributed by atoms with van der Waals surface area (Å²) in [4.78, 5) is 0. The maximum atomic E-state index is 5.60. The van der Waals surface area contributed by atoms with Gasteiger partial charge in [0.2, 0.25) is 5.89 Å². The molecule has 0 atom stereocenters. The van der Waals surface area contributed by atoms with E-state index in [0.717, 1.165) is 11.3 Å². The van der Waals surface area contributed by atoms with E-state index in [1.807, 2.05) is 42.5 Å². The van der Waals surface area contributed by atoms with Gasteiger partial charge in [-0.3, -0.25) is 0 Å². The van der Waals surface area contributed by atoms with Crippen LogP contribution in [0.15, 0.2) is 59.0 Å². The van der Waals surface area contributed by atoms with Gasteiger partial charge in [0.15, 0.2) is 6.61 Å². The molecular formula is C16H13ClN2O2. The average Bonchev–Trinajstić information content (AvgIpc) is 3.02. The van der Waals surface area contributed by atoms with Crippen LogP contribution < -0.4 is 4.74 Å². The van der Waals surface area contributed by atoms with E-state index in [2.05, 4.69) is 22.3 Å². The van der Waals surface area contributed by atoms with Crippen LogP contribution in [0.1, 0.15) is 11.8 Å². The number of hydrogen-bond donors (Lipinski definition) is 0.